The highest BCUT2D eigenvalue weighted by atomic mass is 15.3. The molecule has 25 heavy (non-hydrogen) atoms. The van der Waals surface area contributed by atoms with Crippen molar-refractivity contribution in [3.05, 3.63) is 66.2 Å². The summed E-state index contributed by atoms with van der Waals surface area (Å²) in [6.45, 7) is 7.33. The molecule has 0 aromatic heterocycles. The topological polar surface area (TPSA) is 18.8 Å². The molecule has 1 aliphatic heterocycles. The number of hydrogen-bond donors (Lipinski definition) is 0. The molecule has 0 N–H and O–H groups in total. The molecule has 2 aromatic carbocycles. The number of aliphatic imine (C=N–C) groups is 1. The summed E-state index contributed by atoms with van der Waals surface area (Å²) >= 11 is 0. The van der Waals surface area contributed by atoms with Gasteiger partial charge in [0.1, 0.15) is 5.84 Å². The van der Waals surface area contributed by atoms with Gasteiger partial charge in [0.05, 0.1) is 13.1 Å². The van der Waals surface area contributed by atoms with Crippen molar-refractivity contribution in [2.24, 2.45) is 4.99 Å². The van der Waals surface area contributed by atoms with E-state index in [1.807, 2.05) is 0 Å². The molecule has 0 unspecified atom stereocenters. The van der Waals surface area contributed by atoms with Gasteiger partial charge in [-0.25, -0.2) is 0 Å². The number of para-hydroxylation sites is 1. The molecule has 0 radical (unpaired) electrons. The molecule has 0 fully saturated rings. The standard InChI is InChI=1S/C22H29N3/c1-2-3-16-24-18-15-23-22(24)19-25(21-12-8-5-9-13-21)17-14-20-10-6-4-7-11-20/h4-13H,2-3,14-19H2,1H3. The maximum atomic E-state index is 4.79. The third-order valence-corrected chi connectivity index (χ3v) is 4.78. The van der Waals surface area contributed by atoms with E-state index in [0.717, 1.165) is 39.1 Å². The Hall–Kier alpha value is -2.29. The van der Waals surface area contributed by atoms with Gasteiger partial charge in [-0.1, -0.05) is 61.9 Å². The van der Waals surface area contributed by atoms with Crippen LogP contribution in [0.3, 0.4) is 0 Å². The first-order valence-corrected chi connectivity index (χ1v) is 9.49. The van der Waals surface area contributed by atoms with Gasteiger partial charge in [-0.15, -0.1) is 0 Å². The van der Waals surface area contributed by atoms with Crippen molar-refractivity contribution >= 4 is 11.5 Å². The summed E-state index contributed by atoms with van der Waals surface area (Å²) in [4.78, 5) is 9.73. The largest absolute Gasteiger partial charge is 0.364 e. The maximum Gasteiger partial charge on any atom is 0.119 e. The summed E-state index contributed by atoms with van der Waals surface area (Å²) in [6, 6.07) is 21.5. The summed E-state index contributed by atoms with van der Waals surface area (Å²) in [5, 5.41) is 0. The van der Waals surface area contributed by atoms with E-state index in [4.69, 9.17) is 4.99 Å². The predicted molar refractivity (Wildman–Crippen MR) is 108 cm³/mol. The van der Waals surface area contributed by atoms with Crippen LogP contribution in [0.15, 0.2) is 65.7 Å². The summed E-state index contributed by atoms with van der Waals surface area (Å²) in [7, 11) is 0. The van der Waals surface area contributed by atoms with Gasteiger partial charge in [0.2, 0.25) is 0 Å². The molecular formula is C22H29N3. The van der Waals surface area contributed by atoms with Crippen molar-refractivity contribution in [3.63, 3.8) is 0 Å². The maximum absolute atomic E-state index is 4.79. The first kappa shape index (κ1) is 17.5. The molecule has 0 spiro atoms. The minimum Gasteiger partial charge on any atom is -0.364 e. The summed E-state index contributed by atoms with van der Waals surface area (Å²) in [5.74, 6) is 1.25. The smallest absolute Gasteiger partial charge is 0.119 e. The van der Waals surface area contributed by atoms with E-state index in [9.17, 15) is 0 Å². The third kappa shape index (κ3) is 5.09. The lowest BCUT2D eigenvalue weighted by Gasteiger charge is -2.29. The van der Waals surface area contributed by atoms with Crippen molar-refractivity contribution in [1.29, 1.82) is 0 Å². The Bertz CT molecular complexity index is 651. The first-order chi connectivity index (χ1) is 12.4. The zero-order valence-electron chi connectivity index (χ0n) is 15.3. The average Bonchev–Trinajstić information content (AvgIpc) is 3.12. The molecule has 0 saturated heterocycles. The molecule has 0 atom stereocenters. The van der Waals surface area contributed by atoms with E-state index in [1.54, 1.807) is 0 Å². The molecular weight excluding hydrogens is 306 g/mol. The van der Waals surface area contributed by atoms with Crippen LogP contribution in [0, 0.1) is 0 Å². The monoisotopic (exact) mass is 335 g/mol. The summed E-state index contributed by atoms with van der Waals surface area (Å²) < 4.78 is 0. The number of hydrogen-bond acceptors (Lipinski definition) is 3. The number of amidine groups is 1. The van der Waals surface area contributed by atoms with Gasteiger partial charge in [-0.3, -0.25) is 4.99 Å². The summed E-state index contributed by atoms with van der Waals surface area (Å²) in [5.41, 5.74) is 2.67. The van der Waals surface area contributed by atoms with Crippen LogP contribution in [0.2, 0.25) is 0 Å². The van der Waals surface area contributed by atoms with Gasteiger partial charge in [0.25, 0.3) is 0 Å². The van der Waals surface area contributed by atoms with Crippen LogP contribution in [0.4, 0.5) is 5.69 Å². The Morgan fingerprint density at radius 1 is 1.00 bits per heavy atom. The van der Waals surface area contributed by atoms with Gasteiger partial charge in [0.15, 0.2) is 0 Å². The van der Waals surface area contributed by atoms with E-state index < -0.39 is 0 Å². The van der Waals surface area contributed by atoms with Crippen LogP contribution in [-0.2, 0) is 6.42 Å². The van der Waals surface area contributed by atoms with Gasteiger partial charge >= 0.3 is 0 Å². The quantitative estimate of drug-likeness (QED) is 0.682. The van der Waals surface area contributed by atoms with Gasteiger partial charge in [0, 0.05) is 25.3 Å². The van der Waals surface area contributed by atoms with Crippen LogP contribution >= 0.6 is 0 Å². The lowest BCUT2D eigenvalue weighted by atomic mass is 10.1. The molecule has 0 saturated carbocycles. The fourth-order valence-electron chi connectivity index (χ4n) is 3.29. The van der Waals surface area contributed by atoms with Crippen molar-refractivity contribution in [3.8, 4) is 0 Å². The predicted octanol–water partition coefficient (Wildman–Crippen LogP) is 4.25. The number of nitrogens with zero attached hydrogens (tertiary/aromatic N) is 3. The second kappa shape index (κ2) is 9.26. The minimum atomic E-state index is 0.903. The van der Waals surface area contributed by atoms with E-state index in [0.29, 0.717) is 0 Å². The van der Waals surface area contributed by atoms with Crippen molar-refractivity contribution < 1.29 is 0 Å². The normalized spacial score (nSPS) is 13.8. The zero-order chi connectivity index (χ0) is 17.3. The Morgan fingerprint density at radius 2 is 1.72 bits per heavy atom. The molecule has 0 amide bonds. The Kier molecular flexibility index (Phi) is 6.49. The van der Waals surface area contributed by atoms with Crippen molar-refractivity contribution in [2.75, 3.05) is 37.6 Å². The Morgan fingerprint density at radius 3 is 2.44 bits per heavy atom. The van der Waals surface area contributed by atoms with Gasteiger partial charge < -0.3 is 9.80 Å². The lowest BCUT2D eigenvalue weighted by molar-refractivity contribution is 0.437. The zero-order valence-corrected chi connectivity index (χ0v) is 15.3. The lowest BCUT2D eigenvalue weighted by Crippen LogP contribution is -2.39. The molecule has 3 heteroatoms. The molecule has 1 aliphatic rings. The molecule has 0 bridgehead atoms. The highest BCUT2D eigenvalue weighted by Crippen LogP contribution is 2.16. The number of benzene rings is 2. The fraction of sp³-hybridized carbons (Fsp3) is 0.409. The number of anilines is 1. The highest BCUT2D eigenvalue weighted by Gasteiger charge is 2.19. The van der Waals surface area contributed by atoms with Crippen LogP contribution in [0.5, 0.6) is 0 Å². The van der Waals surface area contributed by atoms with Gasteiger partial charge in [-0.2, -0.15) is 0 Å². The second-order valence-corrected chi connectivity index (χ2v) is 6.63. The van der Waals surface area contributed by atoms with Crippen molar-refractivity contribution in [1.82, 2.24) is 4.90 Å². The molecule has 3 rings (SSSR count). The van der Waals surface area contributed by atoms with Crippen LogP contribution in [-0.4, -0.2) is 43.5 Å². The highest BCUT2D eigenvalue weighted by molar-refractivity contribution is 5.88. The third-order valence-electron chi connectivity index (χ3n) is 4.78. The van der Waals surface area contributed by atoms with E-state index in [2.05, 4.69) is 77.4 Å². The molecule has 1 heterocycles. The van der Waals surface area contributed by atoms with Crippen LogP contribution < -0.4 is 4.90 Å². The Balaban J connectivity index is 1.68. The van der Waals surface area contributed by atoms with Gasteiger partial charge in [-0.05, 0) is 30.5 Å². The van der Waals surface area contributed by atoms with E-state index >= 15 is 0 Å². The summed E-state index contributed by atoms with van der Waals surface area (Å²) in [6.07, 6.45) is 3.53. The molecule has 2 aromatic rings. The first-order valence-electron chi connectivity index (χ1n) is 9.49. The molecule has 132 valence electrons. The van der Waals surface area contributed by atoms with Crippen LogP contribution in [0.1, 0.15) is 25.3 Å². The second-order valence-electron chi connectivity index (χ2n) is 6.63. The number of unbranched alkanes of at least 4 members (excludes halogenated alkanes) is 1. The number of rotatable bonds is 9. The average molecular weight is 335 g/mol. The van der Waals surface area contributed by atoms with Crippen molar-refractivity contribution in [2.45, 2.75) is 26.2 Å². The van der Waals surface area contributed by atoms with E-state index in [1.165, 1.54) is 29.9 Å². The van der Waals surface area contributed by atoms with E-state index in [-0.39, 0.29) is 0 Å². The minimum absolute atomic E-state index is 0.903. The molecule has 0 aliphatic carbocycles. The fourth-order valence-corrected chi connectivity index (χ4v) is 3.29. The van der Waals surface area contributed by atoms with Crippen LogP contribution in [0.25, 0.3) is 0 Å². The Labute approximate surface area is 152 Å². The SMILES string of the molecule is CCCCN1CCN=C1CN(CCc1ccccc1)c1ccccc1. The molecule has 3 nitrogen and oxygen atoms in total.